The molecule has 3 rings (SSSR count). The average molecular weight is 330 g/mol. The molecule has 2 heterocycles. The van der Waals surface area contributed by atoms with Gasteiger partial charge in [0.1, 0.15) is 0 Å². The first-order chi connectivity index (χ1) is 11.4. The zero-order valence-electron chi connectivity index (χ0n) is 15.4. The van der Waals surface area contributed by atoms with Gasteiger partial charge in [-0.1, -0.05) is 25.1 Å². The quantitative estimate of drug-likeness (QED) is 0.883. The minimum Gasteiger partial charge on any atom is -0.389 e. The number of hydrogen-bond acceptors (Lipinski definition) is 3. The first-order valence-corrected chi connectivity index (χ1v) is 8.95. The summed E-state index contributed by atoms with van der Waals surface area (Å²) in [7, 11) is 1.70. The molecule has 0 spiro atoms. The number of aryl methyl sites for hydroxylation is 2. The summed E-state index contributed by atoms with van der Waals surface area (Å²) in [4.78, 5) is 6.01. The van der Waals surface area contributed by atoms with Gasteiger partial charge in [0, 0.05) is 44.4 Å². The highest BCUT2D eigenvalue weighted by Gasteiger charge is 2.38. The molecule has 4 nitrogen and oxygen atoms in total. The van der Waals surface area contributed by atoms with Crippen molar-refractivity contribution in [2.24, 2.45) is 5.92 Å². The van der Waals surface area contributed by atoms with E-state index in [-0.39, 0.29) is 5.92 Å². The number of nitrogens with one attached hydrogen (secondary N) is 1. The molecule has 0 amide bonds. The fraction of sp³-hybridized carbons (Fsp3) is 0.600. The predicted molar refractivity (Wildman–Crippen MR) is 98.3 cm³/mol. The molecule has 0 unspecified atom stereocenters. The van der Waals surface area contributed by atoms with Crippen molar-refractivity contribution < 1.29 is 9.84 Å². The molecule has 1 aromatic heterocycles. The van der Waals surface area contributed by atoms with E-state index in [4.69, 9.17) is 4.74 Å². The Hall–Kier alpha value is -1.36. The Morgan fingerprint density at radius 1 is 1.38 bits per heavy atom. The lowest BCUT2D eigenvalue weighted by Crippen LogP contribution is -2.51. The number of benzene rings is 1. The smallest absolute Gasteiger partial charge is 0.0719 e. The number of para-hydroxylation sites is 1. The Morgan fingerprint density at radius 3 is 2.88 bits per heavy atom. The molecule has 1 fully saturated rings. The number of H-pyrrole nitrogens is 1. The largest absolute Gasteiger partial charge is 0.389 e. The van der Waals surface area contributed by atoms with Gasteiger partial charge < -0.3 is 14.8 Å². The molecule has 1 aromatic carbocycles. The fourth-order valence-corrected chi connectivity index (χ4v) is 3.96. The van der Waals surface area contributed by atoms with Gasteiger partial charge in [0.05, 0.1) is 11.1 Å². The van der Waals surface area contributed by atoms with Crippen LogP contribution in [-0.2, 0) is 11.3 Å². The number of ether oxygens (including phenoxy) is 1. The molecule has 132 valence electrons. The van der Waals surface area contributed by atoms with E-state index in [2.05, 4.69) is 48.9 Å². The van der Waals surface area contributed by atoms with E-state index in [1.807, 2.05) is 0 Å². The average Bonchev–Trinajstić information content (AvgIpc) is 2.86. The second-order valence-electron chi connectivity index (χ2n) is 7.45. The summed E-state index contributed by atoms with van der Waals surface area (Å²) >= 11 is 0. The molecule has 24 heavy (non-hydrogen) atoms. The normalized spacial score (nSPS) is 25.5. The lowest BCUT2D eigenvalue weighted by Gasteiger charge is -2.43. The van der Waals surface area contributed by atoms with Crippen molar-refractivity contribution in [2.75, 3.05) is 26.8 Å². The number of likely N-dealkylation sites (tertiary alicyclic amines) is 1. The van der Waals surface area contributed by atoms with Gasteiger partial charge in [0.25, 0.3) is 0 Å². The Kier molecular flexibility index (Phi) is 5.00. The number of aliphatic hydroxyl groups is 1. The number of rotatable bonds is 5. The second-order valence-corrected chi connectivity index (χ2v) is 7.45. The SMILES string of the molecule is COCC[C@]1(O)CCN(Cc2cccc3c(C)c(C)[nH]c23)C[C@H]1C. The molecule has 1 aliphatic heterocycles. The van der Waals surface area contributed by atoms with Crippen molar-refractivity contribution in [1.29, 1.82) is 0 Å². The van der Waals surface area contributed by atoms with Crippen LogP contribution in [0.2, 0.25) is 0 Å². The van der Waals surface area contributed by atoms with Crippen molar-refractivity contribution in [2.45, 2.75) is 45.8 Å². The van der Waals surface area contributed by atoms with Crippen LogP contribution in [0.25, 0.3) is 10.9 Å². The number of fused-ring (bicyclic) bond motifs is 1. The van der Waals surface area contributed by atoms with Gasteiger partial charge in [-0.05, 0) is 43.7 Å². The van der Waals surface area contributed by atoms with E-state index in [9.17, 15) is 5.11 Å². The third-order valence-corrected chi connectivity index (χ3v) is 5.87. The summed E-state index contributed by atoms with van der Waals surface area (Å²) in [5, 5.41) is 12.2. The van der Waals surface area contributed by atoms with Gasteiger partial charge in [-0.2, -0.15) is 0 Å². The van der Waals surface area contributed by atoms with Crippen molar-refractivity contribution in [3.05, 3.63) is 35.0 Å². The highest BCUT2D eigenvalue weighted by Crippen LogP contribution is 2.32. The monoisotopic (exact) mass is 330 g/mol. The molecule has 1 saturated heterocycles. The summed E-state index contributed by atoms with van der Waals surface area (Å²) < 4.78 is 5.16. The number of hydrogen-bond donors (Lipinski definition) is 2. The number of piperidine rings is 1. The van der Waals surface area contributed by atoms with E-state index in [1.54, 1.807) is 7.11 Å². The fourth-order valence-electron chi connectivity index (χ4n) is 3.96. The Balaban J connectivity index is 1.73. The molecule has 2 aromatic rings. The van der Waals surface area contributed by atoms with Crippen LogP contribution in [0.5, 0.6) is 0 Å². The van der Waals surface area contributed by atoms with Crippen LogP contribution < -0.4 is 0 Å². The minimum absolute atomic E-state index is 0.257. The van der Waals surface area contributed by atoms with Crippen LogP contribution >= 0.6 is 0 Å². The summed E-state index contributed by atoms with van der Waals surface area (Å²) in [5.41, 5.74) is 4.61. The summed E-state index contributed by atoms with van der Waals surface area (Å²) in [5.74, 6) is 0.257. The van der Waals surface area contributed by atoms with E-state index in [0.29, 0.717) is 6.61 Å². The van der Waals surface area contributed by atoms with Crippen molar-refractivity contribution in [3.8, 4) is 0 Å². The molecule has 2 atom stereocenters. The van der Waals surface area contributed by atoms with Gasteiger partial charge in [0.15, 0.2) is 0 Å². The van der Waals surface area contributed by atoms with Gasteiger partial charge in [-0.25, -0.2) is 0 Å². The number of nitrogens with zero attached hydrogens (tertiary/aromatic N) is 1. The van der Waals surface area contributed by atoms with Gasteiger partial charge in [-0.3, -0.25) is 4.90 Å². The van der Waals surface area contributed by atoms with E-state index < -0.39 is 5.60 Å². The Labute approximate surface area is 144 Å². The number of aromatic amines is 1. The third kappa shape index (κ3) is 3.23. The van der Waals surface area contributed by atoms with E-state index in [1.165, 1.54) is 27.7 Å². The first kappa shape index (κ1) is 17.5. The Bertz CT molecular complexity index is 709. The molecule has 0 saturated carbocycles. The van der Waals surface area contributed by atoms with Crippen molar-refractivity contribution in [3.63, 3.8) is 0 Å². The zero-order chi connectivity index (χ0) is 17.3. The van der Waals surface area contributed by atoms with E-state index >= 15 is 0 Å². The maximum atomic E-state index is 10.9. The van der Waals surface area contributed by atoms with Gasteiger partial charge in [-0.15, -0.1) is 0 Å². The summed E-state index contributed by atoms with van der Waals surface area (Å²) in [6.45, 7) is 9.89. The van der Waals surface area contributed by atoms with Crippen LogP contribution in [0.15, 0.2) is 18.2 Å². The van der Waals surface area contributed by atoms with E-state index in [0.717, 1.165) is 32.5 Å². The lowest BCUT2D eigenvalue weighted by molar-refractivity contribution is -0.0826. The molecular formula is C20H30N2O2. The Morgan fingerprint density at radius 2 is 2.17 bits per heavy atom. The predicted octanol–water partition coefficient (Wildman–Crippen LogP) is 3.39. The van der Waals surface area contributed by atoms with Gasteiger partial charge >= 0.3 is 0 Å². The number of methoxy groups -OCH3 is 1. The van der Waals surface area contributed by atoms with Crippen molar-refractivity contribution in [1.82, 2.24) is 9.88 Å². The number of aromatic nitrogens is 1. The van der Waals surface area contributed by atoms with Crippen LogP contribution in [0.4, 0.5) is 0 Å². The van der Waals surface area contributed by atoms with Crippen LogP contribution in [-0.4, -0.2) is 47.4 Å². The van der Waals surface area contributed by atoms with Crippen LogP contribution in [0.3, 0.4) is 0 Å². The minimum atomic E-state index is -0.585. The van der Waals surface area contributed by atoms with Crippen molar-refractivity contribution >= 4 is 10.9 Å². The first-order valence-electron chi connectivity index (χ1n) is 8.95. The highest BCUT2D eigenvalue weighted by molar-refractivity contribution is 5.87. The van der Waals surface area contributed by atoms with Crippen LogP contribution in [0, 0.1) is 19.8 Å². The van der Waals surface area contributed by atoms with Gasteiger partial charge in [0.2, 0.25) is 0 Å². The summed E-state index contributed by atoms with van der Waals surface area (Å²) in [6.07, 6.45) is 1.54. The molecule has 0 radical (unpaired) electrons. The molecule has 1 aliphatic rings. The molecule has 2 N–H and O–H groups in total. The zero-order valence-corrected chi connectivity index (χ0v) is 15.4. The lowest BCUT2D eigenvalue weighted by atomic mass is 9.80. The molecule has 0 bridgehead atoms. The molecule has 0 aliphatic carbocycles. The maximum Gasteiger partial charge on any atom is 0.0719 e. The standard InChI is InChI=1S/C20H30N2O2/c1-14-12-22(10-8-20(14,23)9-11-24-4)13-17-6-5-7-18-15(2)16(3)21-19(17)18/h5-7,14,21,23H,8-13H2,1-4H3/t14-,20-/m1/s1. The maximum absolute atomic E-state index is 10.9. The van der Waals surface area contributed by atoms with Crippen LogP contribution in [0.1, 0.15) is 36.6 Å². The third-order valence-electron chi connectivity index (χ3n) is 5.87. The summed E-state index contributed by atoms with van der Waals surface area (Å²) in [6, 6.07) is 6.56. The molecule has 4 heteroatoms. The topological polar surface area (TPSA) is 48.5 Å². The molecular weight excluding hydrogens is 300 g/mol. The second kappa shape index (κ2) is 6.87. The highest BCUT2D eigenvalue weighted by atomic mass is 16.5.